The van der Waals surface area contributed by atoms with Crippen LogP contribution in [0.1, 0.15) is 13.8 Å². The van der Waals surface area contributed by atoms with Gasteiger partial charge in [-0.05, 0) is 19.9 Å². The maximum Gasteiger partial charge on any atom is 0.240 e. The highest BCUT2D eigenvalue weighted by molar-refractivity contribution is 5.84. The molecule has 0 aliphatic heterocycles. The molecule has 0 atom stereocenters. The maximum absolute atomic E-state index is 9.47. The van der Waals surface area contributed by atoms with Crippen LogP contribution in [-0.4, -0.2) is 19.1 Å². The summed E-state index contributed by atoms with van der Waals surface area (Å²) in [5, 5.41) is 0. The van der Waals surface area contributed by atoms with Crippen molar-refractivity contribution < 1.29 is 9.53 Å². The third kappa shape index (κ3) is 47.4. The molecular weight excluding hydrogens is 144 g/mol. The van der Waals surface area contributed by atoms with Crippen molar-refractivity contribution in [3.05, 3.63) is 12.7 Å². The summed E-state index contributed by atoms with van der Waals surface area (Å²) in [7, 11) is 0. The maximum atomic E-state index is 9.47. The highest BCUT2D eigenvalue weighted by Crippen LogP contribution is 1.64. The van der Waals surface area contributed by atoms with Gasteiger partial charge in [-0.1, -0.05) is 6.58 Å². The van der Waals surface area contributed by atoms with Crippen LogP contribution in [0.25, 0.3) is 0 Å². The molecular formula is C7H18N2O2. The van der Waals surface area contributed by atoms with Gasteiger partial charge >= 0.3 is 0 Å². The van der Waals surface area contributed by atoms with E-state index in [4.69, 9.17) is 4.74 Å². The van der Waals surface area contributed by atoms with Crippen molar-refractivity contribution in [1.29, 1.82) is 0 Å². The molecule has 1 amide bonds. The van der Waals surface area contributed by atoms with Crippen LogP contribution in [0, 0.1) is 0 Å². The van der Waals surface area contributed by atoms with Crippen molar-refractivity contribution in [3.8, 4) is 0 Å². The number of carbonyl (C=O) groups is 1. The zero-order valence-corrected chi connectivity index (χ0v) is 7.30. The van der Waals surface area contributed by atoms with Crippen LogP contribution >= 0.6 is 0 Å². The van der Waals surface area contributed by atoms with Crippen LogP contribution < -0.4 is 11.9 Å². The summed E-state index contributed by atoms with van der Waals surface area (Å²) in [5.74, 6) is -0.481. The normalized spacial score (nSPS) is 6.73. The van der Waals surface area contributed by atoms with Crippen molar-refractivity contribution in [2.45, 2.75) is 13.8 Å². The van der Waals surface area contributed by atoms with E-state index in [2.05, 4.69) is 12.3 Å². The van der Waals surface area contributed by atoms with Gasteiger partial charge in [0.1, 0.15) is 0 Å². The zero-order chi connectivity index (χ0) is 8.41. The SMILES string of the molecule is C=CC(N)=O.CCOCC.N. The van der Waals surface area contributed by atoms with E-state index in [1.165, 1.54) is 0 Å². The van der Waals surface area contributed by atoms with E-state index in [1.807, 2.05) is 13.8 Å². The molecule has 0 radical (unpaired) electrons. The number of amides is 1. The summed E-state index contributed by atoms with van der Waals surface area (Å²) in [5.41, 5.74) is 4.53. The second kappa shape index (κ2) is 16.1. The molecule has 0 unspecified atom stereocenters. The smallest absolute Gasteiger partial charge is 0.240 e. The van der Waals surface area contributed by atoms with Gasteiger partial charge in [-0.2, -0.15) is 0 Å². The molecule has 0 heterocycles. The van der Waals surface area contributed by atoms with Gasteiger partial charge < -0.3 is 16.6 Å². The number of nitrogens with two attached hydrogens (primary N) is 1. The zero-order valence-electron chi connectivity index (χ0n) is 7.30. The third-order valence-corrected chi connectivity index (χ3v) is 0.609. The Labute approximate surface area is 68.0 Å². The molecule has 4 nitrogen and oxygen atoms in total. The van der Waals surface area contributed by atoms with Crippen molar-refractivity contribution in [3.63, 3.8) is 0 Å². The Balaban J connectivity index is -0.000000107. The fraction of sp³-hybridized carbons (Fsp3) is 0.571. The van der Waals surface area contributed by atoms with Crippen molar-refractivity contribution >= 4 is 5.91 Å². The van der Waals surface area contributed by atoms with Crippen molar-refractivity contribution in [2.24, 2.45) is 5.73 Å². The summed E-state index contributed by atoms with van der Waals surface area (Å²) in [6, 6.07) is 0. The molecule has 0 aliphatic rings. The highest BCUT2D eigenvalue weighted by Gasteiger charge is 1.69. The van der Waals surface area contributed by atoms with Crippen LogP contribution in [-0.2, 0) is 9.53 Å². The Morgan fingerprint density at radius 3 is 1.82 bits per heavy atom. The molecule has 0 saturated carbocycles. The van der Waals surface area contributed by atoms with Crippen molar-refractivity contribution in [2.75, 3.05) is 13.2 Å². The van der Waals surface area contributed by atoms with E-state index < -0.39 is 5.91 Å². The summed E-state index contributed by atoms with van der Waals surface area (Å²) in [6.07, 6.45) is 1.06. The van der Waals surface area contributed by atoms with Crippen LogP contribution in [0.5, 0.6) is 0 Å². The van der Waals surface area contributed by atoms with E-state index in [9.17, 15) is 4.79 Å². The molecule has 4 heteroatoms. The summed E-state index contributed by atoms with van der Waals surface area (Å²) in [6.45, 7) is 8.75. The van der Waals surface area contributed by atoms with Crippen molar-refractivity contribution in [1.82, 2.24) is 6.15 Å². The van der Waals surface area contributed by atoms with Gasteiger partial charge in [0, 0.05) is 13.2 Å². The van der Waals surface area contributed by atoms with Gasteiger partial charge in [-0.25, -0.2) is 0 Å². The lowest BCUT2D eigenvalue weighted by Crippen LogP contribution is -2.04. The molecule has 0 fully saturated rings. The van der Waals surface area contributed by atoms with Crippen LogP contribution in [0.2, 0.25) is 0 Å². The lowest BCUT2D eigenvalue weighted by atomic mass is 10.6. The molecule has 0 saturated heterocycles. The minimum Gasteiger partial charge on any atom is -0.382 e. The second-order valence-corrected chi connectivity index (χ2v) is 1.39. The largest absolute Gasteiger partial charge is 0.382 e. The monoisotopic (exact) mass is 162 g/mol. The third-order valence-electron chi connectivity index (χ3n) is 0.609. The standard InChI is InChI=1S/C4H10O.C3H5NO.H3N/c1-3-5-4-2;1-2-3(4)5;/h3-4H2,1-2H3;2H,1H2,(H2,4,5);1H3. The first kappa shape index (κ1) is 16.6. The Morgan fingerprint density at radius 1 is 1.55 bits per heavy atom. The molecule has 0 aromatic heterocycles. The van der Waals surface area contributed by atoms with Gasteiger partial charge in [-0.15, -0.1) is 0 Å². The van der Waals surface area contributed by atoms with Crippen LogP contribution in [0.15, 0.2) is 12.7 Å². The summed E-state index contributed by atoms with van der Waals surface area (Å²) < 4.78 is 4.83. The summed E-state index contributed by atoms with van der Waals surface area (Å²) >= 11 is 0. The second-order valence-electron chi connectivity index (χ2n) is 1.39. The Bertz CT molecular complexity index is 92.4. The fourth-order valence-corrected chi connectivity index (χ4v) is 0.204. The molecule has 0 bridgehead atoms. The topological polar surface area (TPSA) is 87.3 Å². The average Bonchev–Trinajstić information content (AvgIpc) is 1.91. The number of hydrogen-bond acceptors (Lipinski definition) is 3. The minimum atomic E-state index is -0.481. The molecule has 0 spiro atoms. The molecule has 0 rings (SSSR count). The van der Waals surface area contributed by atoms with Crippen LogP contribution in [0.4, 0.5) is 0 Å². The van der Waals surface area contributed by atoms with Crippen LogP contribution in [0.3, 0.4) is 0 Å². The fourth-order valence-electron chi connectivity index (χ4n) is 0.204. The predicted octanol–water partition coefficient (Wildman–Crippen LogP) is 0.863. The molecule has 0 aliphatic carbocycles. The molecule has 0 aromatic carbocycles. The first-order valence-corrected chi connectivity index (χ1v) is 3.18. The van der Waals surface area contributed by atoms with Gasteiger partial charge in [0.25, 0.3) is 0 Å². The Kier molecular flexibility index (Phi) is 24.2. The minimum absolute atomic E-state index is 0. The summed E-state index contributed by atoms with van der Waals surface area (Å²) in [4.78, 5) is 9.47. The highest BCUT2D eigenvalue weighted by atomic mass is 16.5. The van der Waals surface area contributed by atoms with E-state index >= 15 is 0 Å². The number of carbonyl (C=O) groups excluding carboxylic acids is 1. The quantitative estimate of drug-likeness (QED) is 0.603. The number of ether oxygens (including phenoxy) is 1. The first-order chi connectivity index (χ1) is 4.68. The predicted molar refractivity (Wildman–Crippen MR) is 46.6 cm³/mol. The van der Waals surface area contributed by atoms with Gasteiger partial charge in [-0.3, -0.25) is 4.79 Å². The van der Waals surface area contributed by atoms with Gasteiger partial charge in [0.15, 0.2) is 0 Å². The van der Waals surface area contributed by atoms with Gasteiger partial charge in [0.05, 0.1) is 0 Å². The molecule has 11 heavy (non-hydrogen) atoms. The number of rotatable bonds is 3. The lowest BCUT2D eigenvalue weighted by Gasteiger charge is -1.86. The Hall–Kier alpha value is -0.870. The molecule has 5 N–H and O–H groups in total. The van der Waals surface area contributed by atoms with E-state index in [1.54, 1.807) is 0 Å². The van der Waals surface area contributed by atoms with Gasteiger partial charge in [0.2, 0.25) is 5.91 Å². The molecule has 0 aromatic rings. The number of hydrogen-bond donors (Lipinski definition) is 2. The van der Waals surface area contributed by atoms with E-state index in [0.29, 0.717) is 0 Å². The van der Waals surface area contributed by atoms with E-state index in [-0.39, 0.29) is 6.15 Å². The lowest BCUT2D eigenvalue weighted by molar-refractivity contribution is -0.113. The molecule has 68 valence electrons. The van der Waals surface area contributed by atoms with E-state index in [0.717, 1.165) is 19.3 Å². The first-order valence-electron chi connectivity index (χ1n) is 3.18. The number of primary amides is 1. The average molecular weight is 162 g/mol. The Morgan fingerprint density at radius 2 is 1.82 bits per heavy atom.